The molecule has 0 radical (unpaired) electrons. The Hall–Kier alpha value is -4.07. The lowest BCUT2D eigenvalue weighted by Crippen LogP contribution is -2.13. The quantitative estimate of drug-likeness (QED) is 0.396. The van der Waals surface area contributed by atoms with Crippen molar-refractivity contribution < 1.29 is 19.0 Å². The molecule has 8 nitrogen and oxygen atoms in total. The molecule has 0 atom stereocenters. The fourth-order valence-electron chi connectivity index (χ4n) is 3.50. The first-order valence-corrected chi connectivity index (χ1v) is 10.9. The molecule has 0 unspecified atom stereocenters. The third-order valence-corrected chi connectivity index (χ3v) is 4.86. The van der Waals surface area contributed by atoms with Crippen molar-refractivity contribution in [2.24, 2.45) is 0 Å². The van der Waals surface area contributed by atoms with Gasteiger partial charge in [-0.1, -0.05) is 18.2 Å². The Morgan fingerprint density at radius 2 is 1.61 bits per heavy atom. The zero-order valence-electron chi connectivity index (χ0n) is 18.9. The number of nitrogens with zero attached hydrogens (tertiary/aromatic N) is 3. The van der Waals surface area contributed by atoms with Crippen molar-refractivity contribution in [1.29, 1.82) is 0 Å². The van der Waals surface area contributed by atoms with Crippen LogP contribution in [0.3, 0.4) is 0 Å². The molecule has 1 N–H and O–H groups in total. The van der Waals surface area contributed by atoms with Crippen LogP contribution in [0, 0.1) is 0 Å². The lowest BCUT2D eigenvalue weighted by atomic mass is 10.1. The van der Waals surface area contributed by atoms with E-state index in [1.807, 2.05) is 73.8 Å². The summed E-state index contributed by atoms with van der Waals surface area (Å²) in [7, 11) is 0. The van der Waals surface area contributed by atoms with Crippen molar-refractivity contribution in [3.63, 3.8) is 0 Å². The number of rotatable bonds is 9. The standard InChI is InChI=1S/C25H26N4O4/c1-4-31-20-15-18(16-21(32-5-2)23(20)33-6-3)25(30)26-19-11-9-10-17(14-19)24-28-27-22-12-7-8-13-29(22)24/h7-16H,4-6H2,1-3H3,(H,26,30). The van der Waals surface area contributed by atoms with Gasteiger partial charge in [-0.05, 0) is 57.2 Å². The van der Waals surface area contributed by atoms with E-state index in [4.69, 9.17) is 14.2 Å². The molecule has 0 bridgehead atoms. The Morgan fingerprint density at radius 3 is 2.30 bits per heavy atom. The van der Waals surface area contributed by atoms with Crippen molar-refractivity contribution in [2.45, 2.75) is 20.8 Å². The van der Waals surface area contributed by atoms with E-state index in [0.717, 1.165) is 11.2 Å². The second-order valence-electron chi connectivity index (χ2n) is 7.09. The van der Waals surface area contributed by atoms with Crippen molar-refractivity contribution >= 4 is 17.2 Å². The van der Waals surface area contributed by atoms with Crippen LogP contribution in [0.1, 0.15) is 31.1 Å². The largest absolute Gasteiger partial charge is 0.490 e. The van der Waals surface area contributed by atoms with Gasteiger partial charge in [-0.15, -0.1) is 10.2 Å². The van der Waals surface area contributed by atoms with Gasteiger partial charge in [0.1, 0.15) is 0 Å². The summed E-state index contributed by atoms with van der Waals surface area (Å²) < 4.78 is 19.1. The van der Waals surface area contributed by atoms with E-state index < -0.39 is 0 Å². The molecule has 0 fully saturated rings. The van der Waals surface area contributed by atoms with Crippen LogP contribution in [0.5, 0.6) is 17.2 Å². The van der Waals surface area contributed by atoms with E-state index in [-0.39, 0.29) is 5.91 Å². The highest BCUT2D eigenvalue weighted by atomic mass is 16.5. The Bertz CT molecular complexity index is 1240. The molecule has 33 heavy (non-hydrogen) atoms. The van der Waals surface area contributed by atoms with Gasteiger partial charge in [0.15, 0.2) is 23.0 Å². The van der Waals surface area contributed by atoms with Crippen LogP contribution in [0.25, 0.3) is 17.0 Å². The van der Waals surface area contributed by atoms with Gasteiger partial charge in [0.25, 0.3) is 5.91 Å². The summed E-state index contributed by atoms with van der Waals surface area (Å²) in [6.45, 7) is 6.97. The van der Waals surface area contributed by atoms with E-state index in [9.17, 15) is 4.79 Å². The maximum atomic E-state index is 13.1. The number of benzene rings is 2. The van der Waals surface area contributed by atoms with Gasteiger partial charge in [0, 0.05) is 23.0 Å². The van der Waals surface area contributed by atoms with Crippen molar-refractivity contribution in [2.75, 3.05) is 25.1 Å². The highest BCUT2D eigenvalue weighted by Crippen LogP contribution is 2.39. The molecule has 1 amide bonds. The Labute approximate surface area is 192 Å². The molecule has 0 saturated carbocycles. The Kier molecular flexibility index (Phi) is 6.73. The van der Waals surface area contributed by atoms with Crippen molar-refractivity contribution in [3.05, 3.63) is 66.4 Å². The summed E-state index contributed by atoms with van der Waals surface area (Å²) in [5.41, 5.74) is 2.63. The average molecular weight is 447 g/mol. The number of amides is 1. The van der Waals surface area contributed by atoms with E-state index in [0.29, 0.717) is 54.1 Å². The first kappa shape index (κ1) is 22.1. The minimum Gasteiger partial charge on any atom is -0.490 e. The minimum atomic E-state index is -0.289. The SMILES string of the molecule is CCOc1cc(C(=O)Nc2cccc(-c3nnc4ccccn34)c2)cc(OCC)c1OCC. The highest BCUT2D eigenvalue weighted by molar-refractivity contribution is 6.05. The first-order valence-electron chi connectivity index (χ1n) is 10.9. The molecule has 8 heteroatoms. The van der Waals surface area contributed by atoms with E-state index >= 15 is 0 Å². The number of nitrogens with one attached hydrogen (secondary N) is 1. The summed E-state index contributed by atoms with van der Waals surface area (Å²) in [5, 5.41) is 11.4. The molecule has 0 spiro atoms. The predicted octanol–water partition coefficient (Wildman–Crippen LogP) is 4.84. The van der Waals surface area contributed by atoms with Crippen LogP contribution in [-0.4, -0.2) is 40.3 Å². The lowest BCUT2D eigenvalue weighted by Gasteiger charge is -2.17. The van der Waals surface area contributed by atoms with Crippen molar-refractivity contribution in [1.82, 2.24) is 14.6 Å². The second kappa shape index (κ2) is 10.0. The molecule has 2 aromatic carbocycles. The van der Waals surface area contributed by atoms with Gasteiger partial charge in [0.2, 0.25) is 5.75 Å². The maximum Gasteiger partial charge on any atom is 0.255 e. The first-order chi connectivity index (χ1) is 16.1. The predicted molar refractivity (Wildman–Crippen MR) is 126 cm³/mol. The molecular formula is C25H26N4O4. The van der Waals surface area contributed by atoms with Crippen LogP contribution in [0.4, 0.5) is 5.69 Å². The summed E-state index contributed by atoms with van der Waals surface area (Å²) in [6.07, 6.45) is 1.90. The van der Waals surface area contributed by atoms with Crippen LogP contribution < -0.4 is 19.5 Å². The monoisotopic (exact) mass is 446 g/mol. The highest BCUT2D eigenvalue weighted by Gasteiger charge is 2.19. The molecule has 4 aromatic rings. The minimum absolute atomic E-state index is 0.289. The van der Waals surface area contributed by atoms with E-state index in [1.165, 1.54) is 0 Å². The van der Waals surface area contributed by atoms with Gasteiger partial charge in [-0.2, -0.15) is 0 Å². The number of carbonyl (C=O) groups excluding carboxylic acids is 1. The van der Waals surface area contributed by atoms with Crippen molar-refractivity contribution in [3.8, 4) is 28.6 Å². The second-order valence-corrected chi connectivity index (χ2v) is 7.09. The number of pyridine rings is 1. The summed E-state index contributed by atoms with van der Waals surface area (Å²) in [6, 6.07) is 16.5. The van der Waals surface area contributed by atoms with Gasteiger partial charge in [0.05, 0.1) is 19.8 Å². The maximum absolute atomic E-state index is 13.1. The normalized spacial score (nSPS) is 10.8. The number of ether oxygens (including phenoxy) is 3. The number of hydrogen-bond donors (Lipinski definition) is 1. The van der Waals surface area contributed by atoms with Crippen LogP contribution >= 0.6 is 0 Å². The number of anilines is 1. The van der Waals surface area contributed by atoms with Gasteiger partial charge >= 0.3 is 0 Å². The Morgan fingerprint density at radius 1 is 0.879 bits per heavy atom. The van der Waals surface area contributed by atoms with Gasteiger partial charge < -0.3 is 19.5 Å². The Balaban J connectivity index is 1.64. The topological polar surface area (TPSA) is 87.0 Å². The number of fused-ring (bicyclic) bond motifs is 1. The fraction of sp³-hybridized carbons (Fsp3) is 0.240. The van der Waals surface area contributed by atoms with Gasteiger partial charge in [-0.3, -0.25) is 9.20 Å². The van der Waals surface area contributed by atoms with Crippen LogP contribution in [0.2, 0.25) is 0 Å². The molecule has 170 valence electrons. The third kappa shape index (κ3) is 4.74. The molecule has 4 rings (SSSR count). The zero-order chi connectivity index (χ0) is 23.2. The number of hydrogen-bond acceptors (Lipinski definition) is 6. The number of carbonyl (C=O) groups is 1. The summed E-state index contributed by atoms with van der Waals surface area (Å²) in [4.78, 5) is 13.1. The average Bonchev–Trinajstić information content (AvgIpc) is 3.26. The number of aromatic nitrogens is 3. The molecule has 2 heterocycles. The zero-order valence-corrected chi connectivity index (χ0v) is 18.9. The smallest absolute Gasteiger partial charge is 0.255 e. The molecule has 0 aliphatic heterocycles. The fourth-order valence-corrected chi connectivity index (χ4v) is 3.50. The summed E-state index contributed by atoms with van der Waals surface area (Å²) in [5.74, 6) is 1.85. The molecular weight excluding hydrogens is 420 g/mol. The van der Waals surface area contributed by atoms with E-state index in [2.05, 4.69) is 15.5 Å². The molecule has 2 aromatic heterocycles. The van der Waals surface area contributed by atoms with Crippen LogP contribution in [0.15, 0.2) is 60.8 Å². The lowest BCUT2D eigenvalue weighted by molar-refractivity contribution is 0.102. The van der Waals surface area contributed by atoms with Gasteiger partial charge in [-0.25, -0.2) is 0 Å². The van der Waals surface area contributed by atoms with Crippen LogP contribution in [-0.2, 0) is 0 Å². The van der Waals surface area contributed by atoms with E-state index in [1.54, 1.807) is 12.1 Å². The summed E-state index contributed by atoms with van der Waals surface area (Å²) >= 11 is 0. The third-order valence-electron chi connectivity index (χ3n) is 4.86. The molecule has 0 aliphatic rings. The molecule has 0 aliphatic carbocycles. The molecule has 0 saturated heterocycles.